The molecule has 1 saturated heterocycles. The quantitative estimate of drug-likeness (QED) is 0.902. The van der Waals surface area contributed by atoms with Gasteiger partial charge in [-0.3, -0.25) is 9.69 Å². The number of rotatable bonds is 4. The molecule has 1 fully saturated rings. The van der Waals surface area contributed by atoms with E-state index in [1.54, 1.807) is 0 Å². The lowest BCUT2D eigenvalue weighted by Crippen LogP contribution is -2.57. The molecule has 1 amide bonds. The monoisotopic (exact) mass is 335 g/mol. The predicted octanol–water partition coefficient (Wildman–Crippen LogP) is 3.11. The first kappa shape index (κ1) is 16.2. The Bertz CT molecular complexity index is 751. The van der Waals surface area contributed by atoms with Gasteiger partial charge in [-0.05, 0) is 48.9 Å². The summed E-state index contributed by atoms with van der Waals surface area (Å²) in [7, 11) is 0. The highest BCUT2D eigenvalue weighted by Crippen LogP contribution is 2.38. The fraction of sp³-hybridized carbons (Fsp3) is 0.381. The number of anilines is 1. The minimum atomic E-state index is -0.643. The summed E-state index contributed by atoms with van der Waals surface area (Å²) in [6.07, 6.45) is 3.82. The number of nitrogens with zero attached hydrogens (tertiary/aromatic N) is 1. The summed E-state index contributed by atoms with van der Waals surface area (Å²) >= 11 is 0. The van der Waals surface area contributed by atoms with Gasteiger partial charge >= 0.3 is 0 Å². The number of para-hydroxylation sites is 1. The third-order valence-corrected chi connectivity index (χ3v) is 5.82. The number of fused-ring (bicyclic) bond motifs is 1. The van der Waals surface area contributed by atoms with Gasteiger partial charge in [-0.25, -0.2) is 0 Å². The first-order chi connectivity index (χ1) is 12.2. The molecule has 4 heteroatoms. The van der Waals surface area contributed by atoms with E-state index in [0.717, 1.165) is 38.0 Å². The zero-order valence-corrected chi connectivity index (χ0v) is 14.4. The molecule has 0 bridgehead atoms. The fourth-order valence-corrected chi connectivity index (χ4v) is 4.36. The summed E-state index contributed by atoms with van der Waals surface area (Å²) in [6.45, 7) is 1.78. The summed E-state index contributed by atoms with van der Waals surface area (Å²) in [4.78, 5) is 14.8. The van der Waals surface area contributed by atoms with Crippen molar-refractivity contribution in [2.24, 2.45) is 5.73 Å². The number of hydrogen-bond donors (Lipinski definition) is 2. The lowest BCUT2D eigenvalue weighted by atomic mass is 9.85. The Morgan fingerprint density at radius 1 is 1.04 bits per heavy atom. The average molecular weight is 335 g/mol. The molecule has 1 unspecified atom stereocenters. The topological polar surface area (TPSA) is 58.4 Å². The molecule has 0 saturated carbocycles. The highest BCUT2D eigenvalue weighted by molar-refractivity contribution is 5.88. The van der Waals surface area contributed by atoms with Crippen molar-refractivity contribution in [3.63, 3.8) is 0 Å². The van der Waals surface area contributed by atoms with Crippen LogP contribution in [-0.4, -0.2) is 29.4 Å². The van der Waals surface area contributed by atoms with Gasteiger partial charge < -0.3 is 11.1 Å². The average Bonchev–Trinajstić information content (AvgIpc) is 3.07. The molecule has 25 heavy (non-hydrogen) atoms. The summed E-state index contributed by atoms with van der Waals surface area (Å²) in [6, 6.07) is 19.1. The molecule has 1 atom stereocenters. The number of likely N-dealkylation sites (tertiary alicyclic amines) is 1. The van der Waals surface area contributed by atoms with Gasteiger partial charge in [0.2, 0.25) is 5.91 Å². The number of carbonyl (C=O) groups excluding carboxylic acids is 1. The van der Waals surface area contributed by atoms with Crippen LogP contribution in [0.15, 0.2) is 54.6 Å². The molecule has 130 valence electrons. The highest BCUT2D eigenvalue weighted by Gasteiger charge is 2.42. The van der Waals surface area contributed by atoms with Crippen LogP contribution in [0.5, 0.6) is 0 Å². The van der Waals surface area contributed by atoms with Gasteiger partial charge in [0, 0.05) is 24.8 Å². The summed E-state index contributed by atoms with van der Waals surface area (Å²) in [5, 5.41) is 3.42. The van der Waals surface area contributed by atoms with E-state index in [9.17, 15) is 4.79 Å². The summed E-state index contributed by atoms with van der Waals surface area (Å²) in [5.74, 6) is -0.247. The third kappa shape index (κ3) is 3.02. The Hall–Kier alpha value is -2.33. The molecule has 1 aliphatic carbocycles. The van der Waals surface area contributed by atoms with Crippen molar-refractivity contribution in [1.29, 1.82) is 0 Å². The number of benzene rings is 2. The van der Waals surface area contributed by atoms with Gasteiger partial charge in [0.15, 0.2) is 0 Å². The van der Waals surface area contributed by atoms with Gasteiger partial charge in [-0.15, -0.1) is 0 Å². The van der Waals surface area contributed by atoms with Crippen LogP contribution in [0.1, 0.15) is 36.4 Å². The number of aryl methyl sites for hydroxylation is 1. The molecule has 4 nitrogen and oxygen atoms in total. The normalized spacial score (nSPS) is 22.3. The van der Waals surface area contributed by atoms with Crippen molar-refractivity contribution in [3.8, 4) is 0 Å². The summed E-state index contributed by atoms with van der Waals surface area (Å²) < 4.78 is 0. The van der Waals surface area contributed by atoms with Crippen molar-refractivity contribution >= 4 is 11.6 Å². The van der Waals surface area contributed by atoms with E-state index >= 15 is 0 Å². The number of amides is 1. The molecular weight excluding hydrogens is 310 g/mol. The maximum Gasteiger partial charge on any atom is 0.243 e. The SMILES string of the molecule is NC(=O)C1(Nc2ccccc2)CCN(C2CCc3ccccc32)CC1. The van der Waals surface area contributed by atoms with Crippen LogP contribution in [0.2, 0.25) is 0 Å². The number of nitrogens with one attached hydrogen (secondary N) is 1. The molecule has 2 aromatic carbocycles. The Kier molecular flexibility index (Phi) is 4.22. The first-order valence-corrected chi connectivity index (χ1v) is 9.13. The van der Waals surface area contributed by atoms with Crippen molar-refractivity contribution in [2.75, 3.05) is 18.4 Å². The predicted molar refractivity (Wildman–Crippen MR) is 100 cm³/mol. The molecule has 3 N–H and O–H groups in total. The lowest BCUT2D eigenvalue weighted by molar-refractivity contribution is -0.124. The van der Waals surface area contributed by atoms with E-state index in [1.807, 2.05) is 30.3 Å². The number of primary amides is 1. The van der Waals surface area contributed by atoms with Crippen LogP contribution in [0.25, 0.3) is 0 Å². The van der Waals surface area contributed by atoms with E-state index in [2.05, 4.69) is 34.5 Å². The standard InChI is InChI=1S/C21H25N3O/c22-20(25)21(23-17-7-2-1-3-8-17)12-14-24(15-13-21)19-11-10-16-6-4-5-9-18(16)19/h1-9,19,23H,10-15H2,(H2,22,25). The number of nitrogens with two attached hydrogens (primary N) is 1. The maximum atomic E-state index is 12.2. The second-order valence-electron chi connectivity index (χ2n) is 7.23. The molecule has 2 aromatic rings. The van der Waals surface area contributed by atoms with E-state index in [4.69, 9.17) is 5.73 Å². The smallest absolute Gasteiger partial charge is 0.243 e. The highest BCUT2D eigenvalue weighted by atomic mass is 16.1. The van der Waals surface area contributed by atoms with E-state index in [1.165, 1.54) is 17.5 Å². The van der Waals surface area contributed by atoms with Crippen molar-refractivity contribution in [1.82, 2.24) is 4.90 Å². The van der Waals surface area contributed by atoms with Crippen LogP contribution < -0.4 is 11.1 Å². The number of carbonyl (C=O) groups is 1. The van der Waals surface area contributed by atoms with Crippen LogP contribution in [-0.2, 0) is 11.2 Å². The Balaban J connectivity index is 1.49. The first-order valence-electron chi connectivity index (χ1n) is 9.13. The van der Waals surface area contributed by atoms with Crippen LogP contribution >= 0.6 is 0 Å². The lowest BCUT2D eigenvalue weighted by Gasteiger charge is -2.43. The van der Waals surface area contributed by atoms with Crippen LogP contribution in [0.3, 0.4) is 0 Å². The molecule has 0 aromatic heterocycles. The zero-order chi connectivity index (χ0) is 17.3. The fourth-order valence-electron chi connectivity index (χ4n) is 4.36. The van der Waals surface area contributed by atoms with Gasteiger partial charge in [0.1, 0.15) is 5.54 Å². The second-order valence-corrected chi connectivity index (χ2v) is 7.23. The number of piperidine rings is 1. The van der Waals surface area contributed by atoms with Gasteiger partial charge in [0.05, 0.1) is 0 Å². The van der Waals surface area contributed by atoms with E-state index in [0.29, 0.717) is 6.04 Å². The van der Waals surface area contributed by atoms with Gasteiger partial charge in [-0.1, -0.05) is 42.5 Å². The minimum absolute atomic E-state index is 0.247. The van der Waals surface area contributed by atoms with Crippen LogP contribution in [0, 0.1) is 0 Å². The number of hydrogen-bond acceptors (Lipinski definition) is 3. The van der Waals surface area contributed by atoms with E-state index < -0.39 is 5.54 Å². The molecule has 4 rings (SSSR count). The van der Waals surface area contributed by atoms with Crippen molar-refractivity contribution < 1.29 is 4.79 Å². The summed E-state index contributed by atoms with van der Waals surface area (Å²) in [5.41, 5.74) is 9.06. The molecule has 1 heterocycles. The maximum absolute atomic E-state index is 12.2. The zero-order valence-electron chi connectivity index (χ0n) is 14.4. The minimum Gasteiger partial charge on any atom is -0.371 e. The van der Waals surface area contributed by atoms with Gasteiger partial charge in [-0.2, -0.15) is 0 Å². The Morgan fingerprint density at radius 3 is 2.44 bits per heavy atom. The second kappa shape index (κ2) is 6.52. The van der Waals surface area contributed by atoms with Crippen molar-refractivity contribution in [2.45, 2.75) is 37.3 Å². The van der Waals surface area contributed by atoms with Crippen LogP contribution in [0.4, 0.5) is 5.69 Å². The molecule has 1 aliphatic heterocycles. The Labute approximate surface area is 149 Å². The molecule has 2 aliphatic rings. The molecule has 0 spiro atoms. The van der Waals surface area contributed by atoms with E-state index in [-0.39, 0.29) is 5.91 Å². The third-order valence-electron chi connectivity index (χ3n) is 5.82. The molecular formula is C21H25N3O. The van der Waals surface area contributed by atoms with Crippen molar-refractivity contribution in [3.05, 3.63) is 65.7 Å². The van der Waals surface area contributed by atoms with Gasteiger partial charge in [0.25, 0.3) is 0 Å². The largest absolute Gasteiger partial charge is 0.371 e. The Morgan fingerprint density at radius 2 is 1.72 bits per heavy atom. The molecule has 0 radical (unpaired) electrons.